The van der Waals surface area contributed by atoms with E-state index in [2.05, 4.69) is 15.3 Å². The molecule has 0 bridgehead atoms. The Labute approximate surface area is 164 Å². The highest BCUT2D eigenvalue weighted by atomic mass is 32.2. The fraction of sp³-hybridized carbons (Fsp3) is 0.158. The number of aliphatic imine (C=N–C) groups is 1. The van der Waals surface area contributed by atoms with Crippen molar-refractivity contribution in [3.63, 3.8) is 0 Å². The molecular formula is C19H16N4O2S2. The average Bonchev–Trinajstić information content (AvgIpc) is 3.27. The second kappa shape index (κ2) is 7.50. The van der Waals surface area contributed by atoms with Gasteiger partial charge in [-0.05, 0) is 11.5 Å². The molecule has 2 heterocycles. The van der Waals surface area contributed by atoms with Gasteiger partial charge in [-0.1, -0.05) is 48.2 Å². The molecule has 1 aliphatic heterocycles. The summed E-state index contributed by atoms with van der Waals surface area (Å²) in [6.45, 7) is 0. The first-order chi connectivity index (χ1) is 13.1. The van der Waals surface area contributed by atoms with Crippen LogP contribution in [0.2, 0.25) is 0 Å². The van der Waals surface area contributed by atoms with Crippen LogP contribution >= 0.6 is 23.1 Å². The zero-order chi connectivity index (χ0) is 18.8. The fourth-order valence-electron chi connectivity index (χ4n) is 2.85. The van der Waals surface area contributed by atoms with Gasteiger partial charge < -0.3 is 5.32 Å². The molecule has 6 nitrogen and oxygen atoms in total. The summed E-state index contributed by atoms with van der Waals surface area (Å²) in [6, 6.07) is 13.6. The Morgan fingerprint density at radius 2 is 2.07 bits per heavy atom. The molecule has 1 aromatic heterocycles. The molecule has 0 aliphatic carbocycles. The van der Waals surface area contributed by atoms with Crippen molar-refractivity contribution in [2.45, 2.75) is 11.7 Å². The average molecular weight is 396 g/mol. The first-order valence-corrected chi connectivity index (χ1v) is 10.1. The Hall–Kier alpha value is -2.71. The van der Waals surface area contributed by atoms with Crippen molar-refractivity contribution in [2.75, 3.05) is 12.4 Å². The minimum absolute atomic E-state index is 0.0912. The van der Waals surface area contributed by atoms with E-state index in [9.17, 15) is 9.59 Å². The first kappa shape index (κ1) is 17.7. The number of nitrogens with one attached hydrogen (secondary N) is 1. The largest absolute Gasteiger partial charge is 0.325 e. The van der Waals surface area contributed by atoms with Crippen LogP contribution in [0.4, 0.5) is 10.8 Å². The number of amidine groups is 1. The fourth-order valence-corrected chi connectivity index (χ4v) is 4.55. The van der Waals surface area contributed by atoms with Crippen molar-refractivity contribution >= 4 is 61.7 Å². The van der Waals surface area contributed by atoms with E-state index in [4.69, 9.17) is 0 Å². The van der Waals surface area contributed by atoms with Gasteiger partial charge in [-0.2, -0.15) is 4.99 Å². The third-order valence-electron chi connectivity index (χ3n) is 4.19. The number of thioether (sulfide) groups is 1. The Kier molecular flexibility index (Phi) is 4.91. The Morgan fingerprint density at radius 1 is 1.26 bits per heavy atom. The van der Waals surface area contributed by atoms with Gasteiger partial charge in [0.25, 0.3) is 0 Å². The van der Waals surface area contributed by atoms with E-state index in [1.807, 2.05) is 47.8 Å². The zero-order valence-corrected chi connectivity index (χ0v) is 16.1. The van der Waals surface area contributed by atoms with Crippen LogP contribution in [-0.2, 0) is 9.59 Å². The predicted octanol–water partition coefficient (Wildman–Crippen LogP) is 3.89. The van der Waals surface area contributed by atoms with Crippen molar-refractivity contribution < 1.29 is 9.59 Å². The topological polar surface area (TPSA) is 74.7 Å². The number of carbonyl (C=O) groups excluding carboxylic acids is 2. The summed E-state index contributed by atoms with van der Waals surface area (Å²) < 4.78 is 0. The van der Waals surface area contributed by atoms with Gasteiger partial charge in [-0.15, -0.1) is 11.3 Å². The summed E-state index contributed by atoms with van der Waals surface area (Å²) in [5, 5.41) is 7.47. The molecule has 0 saturated carbocycles. The Morgan fingerprint density at radius 3 is 2.89 bits per heavy atom. The smallest absolute Gasteiger partial charge is 0.242 e. The quantitative estimate of drug-likeness (QED) is 0.726. The molecule has 1 unspecified atom stereocenters. The highest BCUT2D eigenvalue weighted by Gasteiger charge is 2.37. The molecule has 2 aromatic carbocycles. The SMILES string of the molecule is CN1C(=O)C(CC(=O)Nc2cccc3ccccc23)S/C1=N\c1nccs1. The van der Waals surface area contributed by atoms with Gasteiger partial charge in [0, 0.05) is 36.1 Å². The van der Waals surface area contributed by atoms with Crippen LogP contribution in [-0.4, -0.2) is 39.2 Å². The van der Waals surface area contributed by atoms with Crippen LogP contribution in [0.15, 0.2) is 59.0 Å². The van der Waals surface area contributed by atoms with E-state index in [0.717, 1.165) is 16.5 Å². The number of benzene rings is 2. The Balaban J connectivity index is 1.47. The van der Waals surface area contributed by atoms with E-state index in [0.29, 0.717) is 10.3 Å². The summed E-state index contributed by atoms with van der Waals surface area (Å²) in [4.78, 5) is 35.0. The van der Waals surface area contributed by atoms with Crippen molar-refractivity contribution in [3.05, 3.63) is 54.0 Å². The van der Waals surface area contributed by atoms with Gasteiger partial charge in [0.1, 0.15) is 5.25 Å². The molecule has 27 heavy (non-hydrogen) atoms. The molecule has 0 radical (unpaired) electrons. The van der Waals surface area contributed by atoms with E-state index in [-0.39, 0.29) is 18.2 Å². The molecule has 1 saturated heterocycles. The molecule has 3 aromatic rings. The van der Waals surface area contributed by atoms with Crippen LogP contribution in [0, 0.1) is 0 Å². The van der Waals surface area contributed by atoms with Crippen molar-refractivity contribution in [1.29, 1.82) is 0 Å². The number of aromatic nitrogens is 1. The normalized spacial score (nSPS) is 18.4. The molecule has 1 atom stereocenters. The minimum atomic E-state index is -0.483. The van der Waals surface area contributed by atoms with Gasteiger partial charge >= 0.3 is 0 Å². The maximum atomic E-state index is 12.5. The number of rotatable bonds is 4. The van der Waals surface area contributed by atoms with Gasteiger partial charge in [0.2, 0.25) is 16.9 Å². The second-order valence-corrected chi connectivity index (χ2v) is 8.03. The highest BCUT2D eigenvalue weighted by molar-refractivity contribution is 8.15. The molecular weight excluding hydrogens is 380 g/mol. The van der Waals surface area contributed by atoms with Crippen molar-refractivity contribution in [3.8, 4) is 0 Å². The molecule has 1 fully saturated rings. The number of amides is 2. The summed E-state index contributed by atoms with van der Waals surface area (Å²) in [5.74, 6) is -0.315. The van der Waals surface area contributed by atoms with E-state index < -0.39 is 5.25 Å². The second-order valence-electron chi connectivity index (χ2n) is 5.99. The van der Waals surface area contributed by atoms with Crippen LogP contribution in [0.3, 0.4) is 0 Å². The number of hydrogen-bond donors (Lipinski definition) is 1. The maximum absolute atomic E-state index is 12.5. The molecule has 136 valence electrons. The summed E-state index contributed by atoms with van der Waals surface area (Å²) in [6.07, 6.45) is 1.76. The van der Waals surface area contributed by atoms with Crippen molar-refractivity contribution in [1.82, 2.24) is 9.88 Å². The lowest BCUT2D eigenvalue weighted by Crippen LogP contribution is -2.30. The van der Waals surface area contributed by atoms with Gasteiger partial charge in [-0.25, -0.2) is 4.98 Å². The monoisotopic (exact) mass is 396 g/mol. The number of fused-ring (bicyclic) bond motifs is 1. The van der Waals surface area contributed by atoms with Gasteiger partial charge in [0.15, 0.2) is 5.17 Å². The lowest BCUT2D eigenvalue weighted by Gasteiger charge is -2.11. The molecule has 1 aliphatic rings. The standard InChI is InChI=1S/C19H16N4O2S2/c1-23-17(25)15(27-19(23)22-18-20-9-10-26-18)11-16(24)21-14-8-4-6-12-5-2-3-7-13(12)14/h2-10,15H,11H2,1H3,(H,21,24)/b22-19-. The van der Waals surface area contributed by atoms with Crippen LogP contribution in [0.25, 0.3) is 10.8 Å². The summed E-state index contributed by atoms with van der Waals surface area (Å²) in [7, 11) is 1.67. The van der Waals surface area contributed by atoms with Gasteiger partial charge in [0.05, 0.1) is 0 Å². The minimum Gasteiger partial charge on any atom is -0.325 e. The third kappa shape index (κ3) is 3.72. The van der Waals surface area contributed by atoms with Crippen molar-refractivity contribution in [2.24, 2.45) is 4.99 Å². The molecule has 4 rings (SSSR count). The van der Waals surface area contributed by atoms with Crippen LogP contribution in [0.1, 0.15) is 6.42 Å². The Bertz CT molecular complexity index is 1030. The third-order valence-corrected chi connectivity index (χ3v) is 6.08. The number of thiazole rings is 1. The summed E-state index contributed by atoms with van der Waals surface area (Å²) in [5.41, 5.74) is 0.749. The number of nitrogens with zero attached hydrogens (tertiary/aromatic N) is 3. The predicted molar refractivity (Wildman–Crippen MR) is 111 cm³/mol. The van der Waals surface area contributed by atoms with Crippen LogP contribution in [0.5, 0.6) is 0 Å². The van der Waals surface area contributed by atoms with Crippen LogP contribution < -0.4 is 5.32 Å². The molecule has 1 N–H and O–H groups in total. The number of hydrogen-bond acceptors (Lipinski definition) is 6. The number of anilines is 1. The highest BCUT2D eigenvalue weighted by Crippen LogP contribution is 2.31. The first-order valence-electron chi connectivity index (χ1n) is 8.32. The van der Waals surface area contributed by atoms with E-state index in [1.165, 1.54) is 28.0 Å². The molecule has 2 amide bonds. The number of carbonyl (C=O) groups is 2. The molecule has 0 spiro atoms. The lowest BCUT2D eigenvalue weighted by atomic mass is 10.1. The molecule has 8 heteroatoms. The lowest BCUT2D eigenvalue weighted by molar-refractivity contribution is -0.127. The van der Waals surface area contributed by atoms with E-state index in [1.54, 1.807) is 13.2 Å². The van der Waals surface area contributed by atoms with Gasteiger partial charge in [-0.3, -0.25) is 14.5 Å². The van der Waals surface area contributed by atoms with E-state index >= 15 is 0 Å². The maximum Gasteiger partial charge on any atom is 0.242 e. The zero-order valence-electron chi connectivity index (χ0n) is 14.5. The summed E-state index contributed by atoms with van der Waals surface area (Å²) >= 11 is 2.70.